The topological polar surface area (TPSA) is 66.4 Å². The van der Waals surface area contributed by atoms with E-state index in [9.17, 15) is 13.5 Å². The van der Waals surface area contributed by atoms with Crippen molar-refractivity contribution in [1.82, 2.24) is 5.32 Å². The molecule has 2 N–H and O–H groups in total. The van der Waals surface area contributed by atoms with Gasteiger partial charge in [0.1, 0.15) is 0 Å². The van der Waals surface area contributed by atoms with Gasteiger partial charge in [-0.05, 0) is 32.6 Å². The predicted molar refractivity (Wildman–Crippen MR) is 69.8 cm³/mol. The first-order valence-electron chi connectivity index (χ1n) is 6.53. The molecule has 1 aliphatic carbocycles. The van der Waals surface area contributed by atoms with Crippen LogP contribution in [-0.4, -0.2) is 43.7 Å². The minimum absolute atomic E-state index is 0.194. The van der Waals surface area contributed by atoms with Crippen LogP contribution >= 0.6 is 0 Å². The third kappa shape index (κ3) is 4.56. The molecule has 0 aromatic carbocycles. The molecule has 0 spiro atoms. The van der Waals surface area contributed by atoms with E-state index in [0.29, 0.717) is 12.5 Å². The summed E-state index contributed by atoms with van der Waals surface area (Å²) < 4.78 is 23.3. The van der Waals surface area contributed by atoms with Crippen molar-refractivity contribution in [3.63, 3.8) is 0 Å². The van der Waals surface area contributed by atoms with Gasteiger partial charge in [0, 0.05) is 19.2 Å². The second kappa shape index (κ2) is 6.71. The molecule has 5 heteroatoms. The molecule has 0 amide bonds. The van der Waals surface area contributed by atoms with Crippen LogP contribution in [0, 0.1) is 5.92 Å². The molecule has 0 aliphatic heterocycles. The average Bonchev–Trinajstić information content (AvgIpc) is 2.29. The zero-order valence-electron chi connectivity index (χ0n) is 10.9. The van der Waals surface area contributed by atoms with Crippen molar-refractivity contribution in [1.29, 1.82) is 0 Å². The van der Waals surface area contributed by atoms with E-state index in [0.717, 1.165) is 12.8 Å². The fourth-order valence-electron chi connectivity index (χ4n) is 2.32. The highest BCUT2D eigenvalue weighted by Gasteiger charge is 2.24. The summed E-state index contributed by atoms with van der Waals surface area (Å²) in [7, 11) is -2.95. The molecule has 0 aromatic heterocycles. The van der Waals surface area contributed by atoms with Gasteiger partial charge in [0.15, 0.2) is 9.84 Å². The Kier molecular flexibility index (Phi) is 5.89. The maximum atomic E-state index is 11.6. The quantitative estimate of drug-likeness (QED) is 0.749. The Balaban J connectivity index is 2.35. The molecule has 1 rings (SSSR count). The molecule has 17 heavy (non-hydrogen) atoms. The second-order valence-corrected chi connectivity index (χ2v) is 7.88. The van der Waals surface area contributed by atoms with E-state index >= 15 is 0 Å². The molecular formula is C12H25NO3S. The predicted octanol–water partition coefficient (Wildman–Crippen LogP) is 0.950. The fraction of sp³-hybridized carbons (Fsp3) is 1.00. The Morgan fingerprint density at radius 3 is 2.53 bits per heavy atom. The van der Waals surface area contributed by atoms with E-state index in [2.05, 4.69) is 5.32 Å². The lowest BCUT2D eigenvalue weighted by atomic mass is 9.85. The highest BCUT2D eigenvalue weighted by molar-refractivity contribution is 7.92. The standard InChI is InChI=1S/C12H25NO3S/c1-10(2)17(15,16)8-7-13-12-6-4-3-5-11(12)9-14/h10-14H,3-9H2,1-2H3. The van der Waals surface area contributed by atoms with Crippen LogP contribution in [0.2, 0.25) is 0 Å². The van der Waals surface area contributed by atoms with Crippen molar-refractivity contribution in [2.45, 2.75) is 50.8 Å². The van der Waals surface area contributed by atoms with Crippen LogP contribution in [0.25, 0.3) is 0 Å². The highest BCUT2D eigenvalue weighted by atomic mass is 32.2. The van der Waals surface area contributed by atoms with Crippen molar-refractivity contribution in [3.05, 3.63) is 0 Å². The van der Waals surface area contributed by atoms with Crippen LogP contribution in [0.3, 0.4) is 0 Å². The van der Waals surface area contributed by atoms with Crippen molar-refractivity contribution in [2.24, 2.45) is 5.92 Å². The molecule has 102 valence electrons. The molecule has 2 unspecified atom stereocenters. The largest absolute Gasteiger partial charge is 0.396 e. The first-order valence-corrected chi connectivity index (χ1v) is 8.24. The van der Waals surface area contributed by atoms with Crippen molar-refractivity contribution in [3.8, 4) is 0 Å². The van der Waals surface area contributed by atoms with Crippen LogP contribution in [0.4, 0.5) is 0 Å². The molecule has 1 aliphatic rings. The second-order valence-electron chi connectivity index (χ2n) is 5.20. The smallest absolute Gasteiger partial charge is 0.153 e. The summed E-state index contributed by atoms with van der Waals surface area (Å²) in [6.45, 7) is 4.13. The monoisotopic (exact) mass is 263 g/mol. The summed E-state index contributed by atoms with van der Waals surface area (Å²) >= 11 is 0. The van der Waals surface area contributed by atoms with Crippen molar-refractivity contribution >= 4 is 9.84 Å². The van der Waals surface area contributed by atoms with Gasteiger partial charge < -0.3 is 10.4 Å². The van der Waals surface area contributed by atoms with E-state index in [-0.39, 0.29) is 23.7 Å². The van der Waals surface area contributed by atoms with Gasteiger partial charge in [-0.15, -0.1) is 0 Å². The molecular weight excluding hydrogens is 238 g/mol. The molecule has 0 radical (unpaired) electrons. The van der Waals surface area contributed by atoms with Gasteiger partial charge >= 0.3 is 0 Å². The lowest BCUT2D eigenvalue weighted by molar-refractivity contribution is 0.154. The van der Waals surface area contributed by atoms with Gasteiger partial charge in [-0.25, -0.2) is 8.42 Å². The number of nitrogens with one attached hydrogen (secondary N) is 1. The van der Waals surface area contributed by atoms with E-state index in [1.54, 1.807) is 13.8 Å². The number of aliphatic hydroxyl groups is 1. The highest BCUT2D eigenvalue weighted by Crippen LogP contribution is 2.23. The molecule has 0 bridgehead atoms. The van der Waals surface area contributed by atoms with Crippen LogP contribution in [-0.2, 0) is 9.84 Å². The SMILES string of the molecule is CC(C)S(=O)(=O)CCNC1CCCCC1CO. The van der Waals surface area contributed by atoms with E-state index < -0.39 is 9.84 Å². The van der Waals surface area contributed by atoms with Gasteiger partial charge in [0.05, 0.1) is 11.0 Å². The lowest BCUT2D eigenvalue weighted by Gasteiger charge is -2.31. The maximum absolute atomic E-state index is 11.6. The number of aliphatic hydroxyl groups excluding tert-OH is 1. The molecule has 0 heterocycles. The zero-order chi connectivity index (χ0) is 12.9. The van der Waals surface area contributed by atoms with Crippen LogP contribution in [0.5, 0.6) is 0 Å². The van der Waals surface area contributed by atoms with Crippen LogP contribution in [0.15, 0.2) is 0 Å². The van der Waals surface area contributed by atoms with Gasteiger partial charge in [-0.1, -0.05) is 12.8 Å². The zero-order valence-corrected chi connectivity index (χ0v) is 11.7. The van der Waals surface area contributed by atoms with E-state index in [1.165, 1.54) is 12.8 Å². The number of sulfone groups is 1. The lowest BCUT2D eigenvalue weighted by Crippen LogP contribution is -2.42. The Labute approximate surface area is 105 Å². The molecule has 4 nitrogen and oxygen atoms in total. The average molecular weight is 263 g/mol. The molecule has 0 saturated heterocycles. The Bertz CT molecular complexity index is 314. The van der Waals surface area contributed by atoms with Crippen molar-refractivity contribution in [2.75, 3.05) is 18.9 Å². The minimum atomic E-state index is -2.95. The van der Waals surface area contributed by atoms with E-state index in [4.69, 9.17) is 0 Å². The first-order chi connectivity index (χ1) is 7.97. The maximum Gasteiger partial charge on any atom is 0.153 e. The van der Waals surface area contributed by atoms with Gasteiger partial charge in [-0.2, -0.15) is 0 Å². The number of hydrogen-bond acceptors (Lipinski definition) is 4. The normalized spacial score (nSPS) is 26.4. The Morgan fingerprint density at radius 1 is 1.29 bits per heavy atom. The summed E-state index contributed by atoms with van der Waals surface area (Å²) in [4.78, 5) is 0. The number of hydrogen-bond donors (Lipinski definition) is 2. The van der Waals surface area contributed by atoms with Crippen LogP contribution in [0.1, 0.15) is 39.5 Å². The summed E-state index contributed by atoms with van der Waals surface area (Å²) in [5.74, 6) is 0.491. The molecule has 0 aromatic rings. The Hall–Kier alpha value is -0.130. The van der Waals surface area contributed by atoms with E-state index in [1.807, 2.05) is 0 Å². The van der Waals surface area contributed by atoms with Crippen LogP contribution < -0.4 is 5.32 Å². The van der Waals surface area contributed by atoms with Crippen molar-refractivity contribution < 1.29 is 13.5 Å². The third-order valence-corrected chi connectivity index (χ3v) is 5.86. The summed E-state index contributed by atoms with van der Waals surface area (Å²) in [6.07, 6.45) is 4.44. The first kappa shape index (κ1) is 14.9. The van der Waals surface area contributed by atoms with Gasteiger partial charge in [-0.3, -0.25) is 0 Å². The fourth-order valence-corrected chi connectivity index (χ4v) is 3.19. The summed E-state index contributed by atoms with van der Waals surface area (Å²) in [5, 5.41) is 12.2. The molecule has 1 fully saturated rings. The summed E-state index contributed by atoms with van der Waals surface area (Å²) in [6, 6.07) is 0.288. The molecule has 1 saturated carbocycles. The summed E-state index contributed by atoms with van der Waals surface area (Å²) in [5.41, 5.74) is 0. The van der Waals surface area contributed by atoms with Gasteiger partial charge in [0.25, 0.3) is 0 Å². The Morgan fingerprint density at radius 2 is 1.94 bits per heavy atom. The minimum Gasteiger partial charge on any atom is -0.396 e. The number of rotatable bonds is 6. The third-order valence-electron chi connectivity index (χ3n) is 3.65. The van der Waals surface area contributed by atoms with Gasteiger partial charge in [0.2, 0.25) is 0 Å². The molecule has 2 atom stereocenters.